The molecule has 0 saturated heterocycles. The fraction of sp³-hybridized carbons (Fsp3) is 0.375. The lowest BCUT2D eigenvalue weighted by Gasteiger charge is -2.01. The number of aromatic amines is 1. The highest BCUT2D eigenvalue weighted by Crippen LogP contribution is 1.95. The number of nitrogens with one attached hydrogen (secondary N) is 1. The van der Waals surface area contributed by atoms with Crippen LogP contribution in [0.15, 0.2) is 24.8 Å². The Morgan fingerprint density at radius 2 is 2.29 bits per heavy atom. The predicted octanol–water partition coefficient (Wildman–Crippen LogP) is 1.23. The zero-order chi connectivity index (χ0) is 9.80. The lowest BCUT2D eigenvalue weighted by Crippen LogP contribution is -2.04. The minimum atomic E-state index is 0.767. The second-order valence-electron chi connectivity index (χ2n) is 2.98. The molecular weight excluding hydrogens is 198 g/mol. The SMILES string of the molecule is S=c1[nH]ccn1CCCn1ccnn1. The topological polar surface area (TPSA) is 51.4 Å². The molecule has 1 N–H and O–H groups in total. The van der Waals surface area contributed by atoms with Crippen molar-refractivity contribution in [2.24, 2.45) is 0 Å². The number of rotatable bonds is 4. The fourth-order valence-electron chi connectivity index (χ4n) is 1.28. The van der Waals surface area contributed by atoms with Crippen LogP contribution in [0.25, 0.3) is 0 Å². The number of aryl methyl sites for hydroxylation is 2. The van der Waals surface area contributed by atoms with Crippen LogP contribution >= 0.6 is 12.2 Å². The standard InChI is InChI=1S/C8H11N5S/c14-8-9-2-6-12(8)4-1-5-13-7-3-10-11-13/h2-3,6-7H,1,4-5H2,(H,9,14). The normalized spacial score (nSPS) is 10.6. The first kappa shape index (κ1) is 9.14. The summed E-state index contributed by atoms with van der Waals surface area (Å²) < 4.78 is 4.59. The van der Waals surface area contributed by atoms with Crippen LogP contribution in [0.2, 0.25) is 0 Å². The number of imidazole rings is 1. The summed E-state index contributed by atoms with van der Waals surface area (Å²) in [7, 11) is 0. The molecule has 0 aliphatic rings. The Hall–Kier alpha value is -1.43. The van der Waals surface area contributed by atoms with E-state index in [0.717, 1.165) is 24.3 Å². The zero-order valence-corrected chi connectivity index (χ0v) is 8.44. The maximum atomic E-state index is 5.07. The molecule has 5 nitrogen and oxygen atoms in total. The van der Waals surface area contributed by atoms with E-state index in [-0.39, 0.29) is 0 Å². The third-order valence-corrected chi connectivity index (χ3v) is 2.33. The van der Waals surface area contributed by atoms with Crippen molar-refractivity contribution in [3.05, 3.63) is 29.6 Å². The molecule has 2 rings (SSSR count). The van der Waals surface area contributed by atoms with Gasteiger partial charge in [-0.25, -0.2) is 0 Å². The summed E-state index contributed by atoms with van der Waals surface area (Å²) in [5.41, 5.74) is 0. The van der Waals surface area contributed by atoms with Gasteiger partial charge in [0.25, 0.3) is 0 Å². The van der Waals surface area contributed by atoms with Gasteiger partial charge in [0.1, 0.15) is 0 Å². The Labute approximate surface area is 86.4 Å². The molecule has 0 aliphatic carbocycles. The summed E-state index contributed by atoms with van der Waals surface area (Å²) >= 11 is 5.07. The zero-order valence-electron chi connectivity index (χ0n) is 7.63. The summed E-state index contributed by atoms with van der Waals surface area (Å²) in [5, 5.41) is 7.62. The summed E-state index contributed by atoms with van der Waals surface area (Å²) in [6.07, 6.45) is 8.33. The number of H-pyrrole nitrogens is 1. The Bertz CT molecular complexity index is 427. The Kier molecular flexibility index (Phi) is 2.73. The maximum absolute atomic E-state index is 5.07. The molecule has 0 saturated carbocycles. The van der Waals surface area contributed by atoms with Crippen LogP contribution in [0.1, 0.15) is 6.42 Å². The van der Waals surface area contributed by atoms with Gasteiger partial charge in [0, 0.05) is 31.7 Å². The molecule has 0 aliphatic heterocycles. The van der Waals surface area contributed by atoms with Gasteiger partial charge in [-0.3, -0.25) is 4.68 Å². The van der Waals surface area contributed by atoms with E-state index >= 15 is 0 Å². The van der Waals surface area contributed by atoms with Crippen molar-refractivity contribution >= 4 is 12.2 Å². The van der Waals surface area contributed by atoms with E-state index in [1.807, 2.05) is 27.8 Å². The fourth-order valence-corrected chi connectivity index (χ4v) is 1.50. The number of aromatic nitrogens is 5. The third kappa shape index (κ3) is 2.08. The van der Waals surface area contributed by atoms with E-state index in [9.17, 15) is 0 Å². The minimum Gasteiger partial charge on any atom is -0.337 e. The molecule has 0 bridgehead atoms. The molecule has 0 fully saturated rings. The van der Waals surface area contributed by atoms with Crippen molar-refractivity contribution in [1.29, 1.82) is 0 Å². The van der Waals surface area contributed by atoms with Crippen LogP contribution in [-0.4, -0.2) is 24.5 Å². The highest BCUT2D eigenvalue weighted by molar-refractivity contribution is 7.71. The smallest absolute Gasteiger partial charge is 0.177 e. The molecule has 0 spiro atoms. The van der Waals surface area contributed by atoms with Crippen molar-refractivity contribution < 1.29 is 0 Å². The average Bonchev–Trinajstić information content (AvgIpc) is 2.78. The lowest BCUT2D eigenvalue weighted by atomic mass is 10.4. The molecule has 0 amide bonds. The summed E-state index contributed by atoms with van der Waals surface area (Å²) in [6, 6.07) is 0. The van der Waals surface area contributed by atoms with Crippen molar-refractivity contribution in [2.45, 2.75) is 19.5 Å². The van der Waals surface area contributed by atoms with Gasteiger partial charge >= 0.3 is 0 Å². The molecule has 0 radical (unpaired) electrons. The van der Waals surface area contributed by atoms with Crippen LogP contribution in [0.5, 0.6) is 0 Å². The van der Waals surface area contributed by atoms with Gasteiger partial charge in [0.2, 0.25) is 0 Å². The first-order valence-electron chi connectivity index (χ1n) is 4.44. The van der Waals surface area contributed by atoms with Crippen molar-refractivity contribution in [3.8, 4) is 0 Å². The molecular formula is C8H11N5S. The summed E-state index contributed by atoms with van der Waals surface area (Å²) in [6.45, 7) is 1.77. The van der Waals surface area contributed by atoms with Crippen LogP contribution in [0.3, 0.4) is 0 Å². The van der Waals surface area contributed by atoms with Crippen LogP contribution in [-0.2, 0) is 13.1 Å². The second kappa shape index (κ2) is 4.19. The van der Waals surface area contributed by atoms with Crippen molar-refractivity contribution in [1.82, 2.24) is 24.5 Å². The average molecular weight is 209 g/mol. The Morgan fingerprint density at radius 1 is 1.36 bits per heavy atom. The van der Waals surface area contributed by atoms with E-state index in [2.05, 4.69) is 15.3 Å². The van der Waals surface area contributed by atoms with E-state index < -0.39 is 0 Å². The maximum Gasteiger partial charge on any atom is 0.177 e. The van der Waals surface area contributed by atoms with Crippen molar-refractivity contribution in [3.63, 3.8) is 0 Å². The number of hydrogen-bond acceptors (Lipinski definition) is 3. The van der Waals surface area contributed by atoms with Gasteiger partial charge in [-0.2, -0.15) is 0 Å². The molecule has 14 heavy (non-hydrogen) atoms. The van der Waals surface area contributed by atoms with Gasteiger partial charge in [0.05, 0.1) is 6.20 Å². The third-order valence-electron chi connectivity index (χ3n) is 1.98. The van der Waals surface area contributed by atoms with Crippen LogP contribution < -0.4 is 0 Å². The monoisotopic (exact) mass is 209 g/mol. The molecule has 2 aromatic heterocycles. The molecule has 6 heteroatoms. The van der Waals surface area contributed by atoms with E-state index in [0.29, 0.717) is 0 Å². The highest BCUT2D eigenvalue weighted by atomic mass is 32.1. The van der Waals surface area contributed by atoms with Gasteiger partial charge in [-0.15, -0.1) is 5.10 Å². The first-order valence-corrected chi connectivity index (χ1v) is 4.85. The largest absolute Gasteiger partial charge is 0.337 e. The lowest BCUT2D eigenvalue weighted by molar-refractivity contribution is 0.512. The Morgan fingerprint density at radius 3 is 2.93 bits per heavy atom. The molecule has 0 unspecified atom stereocenters. The quantitative estimate of drug-likeness (QED) is 0.770. The number of nitrogens with zero attached hydrogens (tertiary/aromatic N) is 4. The second-order valence-corrected chi connectivity index (χ2v) is 3.37. The highest BCUT2D eigenvalue weighted by Gasteiger charge is 1.94. The minimum absolute atomic E-state index is 0.767. The summed E-state index contributed by atoms with van der Waals surface area (Å²) in [5.74, 6) is 0. The molecule has 2 aromatic rings. The molecule has 2 heterocycles. The van der Waals surface area contributed by atoms with Gasteiger partial charge in [0.15, 0.2) is 4.77 Å². The van der Waals surface area contributed by atoms with E-state index in [1.54, 1.807) is 6.20 Å². The molecule has 0 atom stereocenters. The van der Waals surface area contributed by atoms with Crippen LogP contribution in [0, 0.1) is 4.77 Å². The number of hydrogen-bond donors (Lipinski definition) is 1. The predicted molar refractivity (Wildman–Crippen MR) is 54.3 cm³/mol. The van der Waals surface area contributed by atoms with Gasteiger partial charge < -0.3 is 9.55 Å². The van der Waals surface area contributed by atoms with Crippen molar-refractivity contribution in [2.75, 3.05) is 0 Å². The molecule has 0 aromatic carbocycles. The van der Waals surface area contributed by atoms with Gasteiger partial charge in [-0.1, -0.05) is 5.21 Å². The summed E-state index contributed by atoms with van der Waals surface area (Å²) in [4.78, 5) is 2.96. The Balaban J connectivity index is 1.84. The van der Waals surface area contributed by atoms with E-state index in [1.165, 1.54) is 0 Å². The van der Waals surface area contributed by atoms with Crippen LogP contribution in [0.4, 0.5) is 0 Å². The first-order chi connectivity index (χ1) is 6.86. The molecule has 74 valence electrons. The van der Waals surface area contributed by atoms with E-state index in [4.69, 9.17) is 12.2 Å². The van der Waals surface area contributed by atoms with Gasteiger partial charge in [-0.05, 0) is 18.6 Å².